The molecule has 1 saturated heterocycles. The number of carboxylic acid groups (broad SMARTS) is 1. The molecular weight excluding hydrogens is 264 g/mol. The van der Waals surface area contributed by atoms with Crippen molar-refractivity contribution in [1.29, 1.82) is 0 Å². The molecule has 1 fully saturated rings. The molecule has 1 N–H and O–H groups in total. The third-order valence-electron chi connectivity index (χ3n) is 2.62. The van der Waals surface area contributed by atoms with E-state index in [0.29, 0.717) is 10.2 Å². The Morgan fingerprint density at radius 3 is 2.93 bits per heavy atom. The molecule has 15 heavy (non-hydrogen) atoms. The predicted molar refractivity (Wildman–Crippen MR) is 56.0 cm³/mol. The van der Waals surface area contributed by atoms with E-state index in [0.717, 1.165) is 19.5 Å². The molecule has 0 spiro atoms. The first-order valence-corrected chi connectivity index (χ1v) is 5.45. The molecule has 1 unspecified atom stereocenters. The number of likely N-dealkylation sites (tertiary alicyclic amines) is 1. The summed E-state index contributed by atoms with van der Waals surface area (Å²) >= 11 is 3.23. The summed E-state index contributed by atoms with van der Waals surface area (Å²) in [5, 5.41) is 12.4. The van der Waals surface area contributed by atoms with E-state index in [4.69, 9.17) is 9.63 Å². The highest BCUT2D eigenvalue weighted by Gasteiger charge is 2.29. The molecule has 6 heteroatoms. The van der Waals surface area contributed by atoms with Gasteiger partial charge in [0.15, 0.2) is 5.76 Å². The predicted octanol–water partition coefficient (Wildman–Crippen LogP) is 1.55. The number of likely N-dealkylation sites (N-methyl/N-ethyl adjacent to an activating group) is 1. The Labute approximate surface area is 95.2 Å². The molecule has 0 radical (unpaired) electrons. The number of hydrogen-bond donors (Lipinski definition) is 1. The lowest BCUT2D eigenvalue weighted by Crippen LogP contribution is -2.13. The van der Waals surface area contributed by atoms with Gasteiger partial charge >= 0.3 is 5.97 Å². The highest BCUT2D eigenvalue weighted by Crippen LogP contribution is 2.33. The van der Waals surface area contributed by atoms with Crippen molar-refractivity contribution < 1.29 is 14.4 Å². The van der Waals surface area contributed by atoms with Gasteiger partial charge in [-0.15, -0.1) is 0 Å². The van der Waals surface area contributed by atoms with E-state index >= 15 is 0 Å². The van der Waals surface area contributed by atoms with Crippen molar-refractivity contribution in [2.45, 2.75) is 12.3 Å². The largest absolute Gasteiger partial charge is 0.476 e. The molecule has 0 aromatic carbocycles. The topological polar surface area (TPSA) is 66.6 Å². The molecule has 0 aliphatic carbocycles. The summed E-state index contributed by atoms with van der Waals surface area (Å²) in [6.07, 6.45) is 0.976. The number of aromatic nitrogens is 1. The molecule has 0 saturated carbocycles. The molecule has 2 heterocycles. The standard InChI is InChI=1S/C9H11BrN2O3/c1-12-3-2-5(4-12)8-6(10)7(9(13)14)11-15-8/h5H,2-4H2,1H3,(H,13,14). The number of carbonyl (C=O) groups is 1. The van der Waals surface area contributed by atoms with Crippen LogP contribution in [-0.2, 0) is 0 Å². The number of rotatable bonds is 2. The number of halogens is 1. The average molecular weight is 275 g/mol. The molecule has 0 amide bonds. The molecule has 1 aromatic heterocycles. The van der Waals surface area contributed by atoms with Gasteiger partial charge in [0.1, 0.15) is 0 Å². The maximum Gasteiger partial charge on any atom is 0.359 e. The van der Waals surface area contributed by atoms with Crippen LogP contribution < -0.4 is 0 Å². The summed E-state index contributed by atoms with van der Waals surface area (Å²) < 4.78 is 5.57. The van der Waals surface area contributed by atoms with Crippen LogP contribution in [-0.4, -0.2) is 41.3 Å². The highest BCUT2D eigenvalue weighted by molar-refractivity contribution is 9.10. The molecule has 0 bridgehead atoms. The zero-order valence-electron chi connectivity index (χ0n) is 8.23. The van der Waals surface area contributed by atoms with Gasteiger partial charge < -0.3 is 14.5 Å². The summed E-state index contributed by atoms with van der Waals surface area (Å²) in [5.41, 5.74) is -0.0421. The molecule has 5 nitrogen and oxygen atoms in total. The maximum atomic E-state index is 10.8. The van der Waals surface area contributed by atoms with Crippen LogP contribution in [0.1, 0.15) is 28.6 Å². The van der Waals surface area contributed by atoms with Gasteiger partial charge in [0, 0.05) is 12.5 Å². The van der Waals surface area contributed by atoms with Crippen LogP contribution in [0.2, 0.25) is 0 Å². The van der Waals surface area contributed by atoms with Crippen molar-refractivity contribution in [2.75, 3.05) is 20.1 Å². The quantitative estimate of drug-likeness (QED) is 0.887. The van der Waals surface area contributed by atoms with E-state index in [1.165, 1.54) is 0 Å². The van der Waals surface area contributed by atoms with Crippen molar-refractivity contribution in [3.8, 4) is 0 Å². The molecular formula is C9H11BrN2O3. The first-order chi connectivity index (χ1) is 7.09. The normalized spacial score (nSPS) is 22.1. The smallest absolute Gasteiger partial charge is 0.359 e. The van der Waals surface area contributed by atoms with Crippen LogP contribution in [0.4, 0.5) is 0 Å². The molecule has 1 aliphatic rings. The minimum absolute atomic E-state index is 0.0421. The van der Waals surface area contributed by atoms with Gasteiger partial charge in [-0.05, 0) is 35.9 Å². The van der Waals surface area contributed by atoms with Crippen molar-refractivity contribution in [1.82, 2.24) is 10.1 Å². The van der Waals surface area contributed by atoms with Crippen molar-refractivity contribution in [3.05, 3.63) is 15.9 Å². The summed E-state index contributed by atoms with van der Waals surface area (Å²) in [5.74, 6) is -0.176. The summed E-state index contributed by atoms with van der Waals surface area (Å²) in [7, 11) is 2.03. The third-order valence-corrected chi connectivity index (χ3v) is 3.39. The molecule has 1 aromatic rings. The van der Waals surface area contributed by atoms with Gasteiger partial charge in [0.25, 0.3) is 0 Å². The van der Waals surface area contributed by atoms with Crippen molar-refractivity contribution in [2.24, 2.45) is 0 Å². The fourth-order valence-corrected chi connectivity index (χ4v) is 2.47. The number of nitrogens with zero attached hydrogens (tertiary/aromatic N) is 2. The van der Waals surface area contributed by atoms with Crippen LogP contribution in [0.3, 0.4) is 0 Å². The summed E-state index contributed by atoms with van der Waals surface area (Å²) in [4.78, 5) is 12.9. The maximum absolute atomic E-state index is 10.8. The lowest BCUT2D eigenvalue weighted by atomic mass is 10.1. The van der Waals surface area contributed by atoms with Crippen LogP contribution in [0.25, 0.3) is 0 Å². The number of aromatic carboxylic acids is 1. The van der Waals surface area contributed by atoms with Crippen LogP contribution in [0, 0.1) is 0 Å². The molecule has 1 atom stereocenters. The van der Waals surface area contributed by atoms with Gasteiger partial charge in [0.05, 0.1) is 4.47 Å². The SMILES string of the molecule is CN1CCC(c2onc(C(=O)O)c2Br)C1. The second-order valence-corrected chi connectivity index (χ2v) is 4.56. The Bertz CT molecular complexity index is 391. The minimum atomic E-state index is -1.07. The van der Waals surface area contributed by atoms with Crippen LogP contribution >= 0.6 is 15.9 Å². The zero-order valence-corrected chi connectivity index (χ0v) is 9.82. The Kier molecular flexibility index (Phi) is 2.79. The summed E-state index contributed by atoms with van der Waals surface area (Å²) in [6.45, 7) is 1.88. The second kappa shape index (κ2) is 3.94. The van der Waals surface area contributed by atoms with Crippen molar-refractivity contribution in [3.63, 3.8) is 0 Å². The first kappa shape index (κ1) is 10.6. The van der Waals surface area contributed by atoms with Gasteiger partial charge in [-0.25, -0.2) is 4.79 Å². The average Bonchev–Trinajstić information content (AvgIpc) is 2.71. The van der Waals surface area contributed by atoms with Crippen LogP contribution in [0.15, 0.2) is 9.00 Å². The number of hydrogen-bond acceptors (Lipinski definition) is 4. The Balaban J connectivity index is 2.26. The van der Waals surface area contributed by atoms with Crippen molar-refractivity contribution >= 4 is 21.9 Å². The van der Waals surface area contributed by atoms with Crippen LogP contribution in [0.5, 0.6) is 0 Å². The Morgan fingerprint density at radius 1 is 1.73 bits per heavy atom. The minimum Gasteiger partial charge on any atom is -0.476 e. The lowest BCUT2D eigenvalue weighted by molar-refractivity contribution is 0.0684. The van der Waals surface area contributed by atoms with E-state index in [1.807, 2.05) is 7.05 Å². The van der Waals surface area contributed by atoms with E-state index in [9.17, 15) is 4.79 Å². The summed E-state index contributed by atoms with van der Waals surface area (Å²) in [6, 6.07) is 0. The van der Waals surface area contributed by atoms with Gasteiger partial charge in [-0.3, -0.25) is 0 Å². The van der Waals surface area contributed by atoms with Gasteiger partial charge in [0.2, 0.25) is 5.69 Å². The van der Waals surface area contributed by atoms with E-state index < -0.39 is 5.97 Å². The molecule has 82 valence electrons. The molecule has 2 rings (SSSR count). The second-order valence-electron chi connectivity index (χ2n) is 3.76. The van der Waals surface area contributed by atoms with E-state index in [-0.39, 0.29) is 11.6 Å². The van der Waals surface area contributed by atoms with Gasteiger partial charge in [-0.2, -0.15) is 0 Å². The highest BCUT2D eigenvalue weighted by atomic mass is 79.9. The Hall–Kier alpha value is -0.880. The Morgan fingerprint density at radius 2 is 2.47 bits per heavy atom. The molecule has 1 aliphatic heterocycles. The fourth-order valence-electron chi connectivity index (χ4n) is 1.83. The van der Waals surface area contributed by atoms with E-state index in [2.05, 4.69) is 26.0 Å². The first-order valence-electron chi connectivity index (χ1n) is 4.66. The lowest BCUT2D eigenvalue weighted by Gasteiger charge is -2.06. The van der Waals surface area contributed by atoms with Gasteiger partial charge in [-0.1, -0.05) is 5.16 Å². The monoisotopic (exact) mass is 274 g/mol. The third kappa shape index (κ3) is 1.91. The van der Waals surface area contributed by atoms with E-state index in [1.54, 1.807) is 0 Å². The zero-order chi connectivity index (χ0) is 11.0. The fraction of sp³-hybridized carbons (Fsp3) is 0.556. The number of carboxylic acids is 1.